The predicted molar refractivity (Wildman–Crippen MR) is 153 cm³/mol. The number of carbonyl (C=O) groups is 2. The Morgan fingerprint density at radius 3 is 2.36 bits per heavy atom. The van der Waals surface area contributed by atoms with E-state index in [4.69, 9.17) is 14.6 Å². The lowest BCUT2D eigenvalue weighted by Gasteiger charge is -2.20. The fourth-order valence-electron chi connectivity index (χ4n) is 5.15. The lowest BCUT2D eigenvalue weighted by molar-refractivity contribution is -0.135. The van der Waals surface area contributed by atoms with E-state index >= 15 is 0 Å². The highest BCUT2D eigenvalue weighted by atomic mass is 19.2. The number of methoxy groups -OCH3 is 1. The Balaban J connectivity index is 1.24. The molecule has 2 amide bonds. The quantitative estimate of drug-likeness (QED) is 0.356. The summed E-state index contributed by atoms with van der Waals surface area (Å²) in [5.74, 6) is -2.44. The molecule has 0 unspecified atom stereocenters. The molecule has 3 aromatic rings. The monoisotopic (exact) mass is 580 g/mol. The molecule has 12 heteroatoms. The lowest BCUT2D eigenvalue weighted by Crippen LogP contribution is -2.35. The first-order valence-corrected chi connectivity index (χ1v) is 13.9. The van der Waals surface area contributed by atoms with Crippen molar-refractivity contribution in [2.24, 2.45) is 21.0 Å². The molecule has 42 heavy (non-hydrogen) atoms. The smallest absolute Gasteiger partial charge is 0.254 e. The molecule has 0 spiro atoms. The van der Waals surface area contributed by atoms with Gasteiger partial charge in [-0.2, -0.15) is 19.7 Å². The molecule has 0 saturated carbocycles. The van der Waals surface area contributed by atoms with Crippen LogP contribution in [0.15, 0.2) is 40.5 Å². The molecule has 10 nitrogen and oxygen atoms in total. The highest BCUT2D eigenvalue weighted by Crippen LogP contribution is 2.35. The van der Waals surface area contributed by atoms with Crippen LogP contribution in [0.4, 0.5) is 8.78 Å². The van der Waals surface area contributed by atoms with E-state index in [1.165, 1.54) is 17.1 Å². The second kappa shape index (κ2) is 10.8. The molecule has 2 aliphatic heterocycles. The van der Waals surface area contributed by atoms with Crippen molar-refractivity contribution in [2.75, 3.05) is 20.3 Å². The van der Waals surface area contributed by atoms with Gasteiger partial charge >= 0.3 is 0 Å². The summed E-state index contributed by atoms with van der Waals surface area (Å²) in [4.78, 5) is 25.3. The maximum Gasteiger partial charge on any atom is 0.254 e. The molecule has 1 aromatic carbocycles. The van der Waals surface area contributed by atoms with Crippen LogP contribution >= 0.6 is 0 Å². The summed E-state index contributed by atoms with van der Waals surface area (Å²) < 4.78 is 42.4. The fourth-order valence-corrected chi connectivity index (χ4v) is 5.15. The van der Waals surface area contributed by atoms with Crippen LogP contribution in [0.25, 0.3) is 5.52 Å². The molecule has 0 bridgehead atoms. The number of amides is 2. The molecule has 2 aliphatic rings. The zero-order valence-corrected chi connectivity index (χ0v) is 24.5. The number of pyridine rings is 1. The van der Waals surface area contributed by atoms with Gasteiger partial charge in [-0.1, -0.05) is 6.92 Å². The summed E-state index contributed by atoms with van der Waals surface area (Å²) in [7, 11) is 1.58. The SMILES string of the molecule is CCc1cc2c(C3=NN(CCCCOc4ccc(C5=NNC(=O)C5(C)C)c(F)c4F)C(=O)C3(C)C)ccc(OC)n2n1. The van der Waals surface area contributed by atoms with E-state index in [1.54, 1.807) is 25.5 Å². The van der Waals surface area contributed by atoms with Crippen molar-refractivity contribution in [1.82, 2.24) is 20.0 Å². The van der Waals surface area contributed by atoms with Gasteiger partial charge in [0.2, 0.25) is 11.7 Å². The van der Waals surface area contributed by atoms with Gasteiger partial charge in [-0.15, -0.1) is 0 Å². The number of nitrogens with zero attached hydrogens (tertiary/aromatic N) is 5. The summed E-state index contributed by atoms with van der Waals surface area (Å²) in [6.45, 7) is 9.35. The molecule has 2 aromatic heterocycles. The fraction of sp³-hybridized carbons (Fsp3) is 0.433. The van der Waals surface area contributed by atoms with Crippen molar-refractivity contribution in [3.8, 4) is 11.6 Å². The first-order valence-electron chi connectivity index (χ1n) is 13.9. The Kier molecular flexibility index (Phi) is 7.50. The molecular weight excluding hydrogens is 546 g/mol. The van der Waals surface area contributed by atoms with Crippen molar-refractivity contribution in [1.29, 1.82) is 0 Å². The molecule has 0 saturated heterocycles. The van der Waals surface area contributed by atoms with Crippen molar-refractivity contribution >= 4 is 28.8 Å². The van der Waals surface area contributed by atoms with E-state index in [0.717, 1.165) is 23.2 Å². The minimum absolute atomic E-state index is 0.0944. The van der Waals surface area contributed by atoms with Gasteiger partial charge in [0.05, 0.1) is 47.2 Å². The van der Waals surface area contributed by atoms with E-state index in [2.05, 4.69) is 15.6 Å². The largest absolute Gasteiger partial charge is 0.490 e. The van der Waals surface area contributed by atoms with Gasteiger partial charge in [-0.3, -0.25) is 9.59 Å². The molecule has 5 rings (SSSR count). The second-order valence-electron chi connectivity index (χ2n) is 11.4. The average Bonchev–Trinajstić information content (AvgIpc) is 3.58. The van der Waals surface area contributed by atoms with Crippen LogP contribution in [0.2, 0.25) is 0 Å². The van der Waals surface area contributed by atoms with Crippen LogP contribution in [-0.4, -0.2) is 58.1 Å². The standard InChI is InChI=1S/C30H34F2N6O4/c1-7-17-16-20-18(11-13-22(41-6)38(20)35-17)26-30(4,5)28(40)37(36-26)14-8-9-15-42-21-12-10-19(23(31)24(21)32)25-29(2,3)27(39)34-33-25/h10-13,16H,7-9,14-15H2,1-6H3,(H,34,39). The number of fused-ring (bicyclic) bond motifs is 1. The van der Waals surface area contributed by atoms with Crippen LogP contribution in [0.5, 0.6) is 11.6 Å². The van der Waals surface area contributed by atoms with E-state index in [-0.39, 0.29) is 29.5 Å². The van der Waals surface area contributed by atoms with Crippen molar-refractivity contribution < 1.29 is 27.8 Å². The van der Waals surface area contributed by atoms with Gasteiger partial charge in [0.25, 0.3) is 11.8 Å². The van der Waals surface area contributed by atoms with Gasteiger partial charge in [-0.25, -0.2) is 19.3 Å². The van der Waals surface area contributed by atoms with Crippen LogP contribution in [0, 0.1) is 22.5 Å². The number of aromatic nitrogens is 2. The maximum atomic E-state index is 14.9. The van der Waals surface area contributed by atoms with Crippen molar-refractivity contribution in [3.63, 3.8) is 0 Å². The summed E-state index contributed by atoms with van der Waals surface area (Å²) in [5.41, 5.74) is 3.56. The van der Waals surface area contributed by atoms with Gasteiger partial charge < -0.3 is 9.47 Å². The molecule has 0 aliphatic carbocycles. The van der Waals surface area contributed by atoms with Gasteiger partial charge in [0.15, 0.2) is 11.6 Å². The van der Waals surface area contributed by atoms with E-state index in [1.807, 2.05) is 39.0 Å². The third kappa shape index (κ3) is 4.78. The van der Waals surface area contributed by atoms with Crippen molar-refractivity contribution in [2.45, 2.75) is 53.9 Å². The minimum Gasteiger partial charge on any atom is -0.490 e. The molecule has 222 valence electrons. The third-order valence-electron chi connectivity index (χ3n) is 7.80. The Bertz CT molecular complexity index is 1640. The van der Waals surface area contributed by atoms with Gasteiger partial charge in [-0.05, 0) is 71.2 Å². The number of rotatable bonds is 10. The molecule has 0 fully saturated rings. The van der Waals surface area contributed by atoms with Gasteiger partial charge in [0, 0.05) is 23.7 Å². The summed E-state index contributed by atoms with van der Waals surface area (Å²) in [6.07, 6.45) is 1.76. The van der Waals surface area contributed by atoms with E-state index < -0.39 is 28.4 Å². The number of ether oxygens (including phenoxy) is 2. The highest BCUT2D eigenvalue weighted by Gasteiger charge is 2.44. The zero-order valence-electron chi connectivity index (χ0n) is 24.5. The number of hydrogen-bond acceptors (Lipinski definition) is 7. The number of carbonyl (C=O) groups excluding carboxylic acids is 2. The predicted octanol–water partition coefficient (Wildman–Crippen LogP) is 4.48. The van der Waals surface area contributed by atoms with E-state index in [0.29, 0.717) is 31.0 Å². The number of hydrogen-bond donors (Lipinski definition) is 1. The molecular formula is C30H34F2N6O4. The summed E-state index contributed by atoms with van der Waals surface area (Å²) >= 11 is 0. The average molecular weight is 581 g/mol. The lowest BCUT2D eigenvalue weighted by atomic mass is 9.83. The molecule has 0 atom stereocenters. The third-order valence-corrected chi connectivity index (χ3v) is 7.80. The number of benzene rings is 1. The molecule has 1 N–H and O–H groups in total. The first kappa shape index (κ1) is 29.2. The van der Waals surface area contributed by atoms with E-state index in [9.17, 15) is 18.4 Å². The second-order valence-corrected chi connectivity index (χ2v) is 11.4. The van der Waals surface area contributed by atoms with Crippen LogP contribution in [0.1, 0.15) is 64.3 Å². The number of unbranched alkanes of at least 4 members (excludes halogenated alkanes) is 1. The maximum absolute atomic E-state index is 14.9. The zero-order chi connectivity index (χ0) is 30.4. The Morgan fingerprint density at radius 2 is 1.69 bits per heavy atom. The van der Waals surface area contributed by atoms with Crippen LogP contribution in [0.3, 0.4) is 0 Å². The summed E-state index contributed by atoms with van der Waals surface area (Å²) in [6, 6.07) is 8.37. The number of hydrazone groups is 2. The minimum atomic E-state index is -1.15. The highest BCUT2D eigenvalue weighted by molar-refractivity contribution is 6.21. The number of nitrogens with one attached hydrogen (secondary N) is 1. The summed E-state index contributed by atoms with van der Waals surface area (Å²) in [5, 5.41) is 14.7. The molecule has 4 heterocycles. The number of halogens is 2. The molecule has 0 radical (unpaired) electrons. The normalized spacial score (nSPS) is 17.5. The first-order chi connectivity index (χ1) is 19.9. The van der Waals surface area contributed by atoms with Crippen LogP contribution < -0.4 is 14.9 Å². The van der Waals surface area contributed by atoms with Gasteiger partial charge in [0.1, 0.15) is 0 Å². The number of aryl methyl sites for hydroxylation is 1. The Morgan fingerprint density at radius 1 is 0.952 bits per heavy atom. The van der Waals surface area contributed by atoms with Crippen LogP contribution in [-0.2, 0) is 16.0 Å². The van der Waals surface area contributed by atoms with Crippen molar-refractivity contribution in [3.05, 3.63) is 58.8 Å². The Hall–Kier alpha value is -4.35. The Labute approximate surface area is 242 Å². The topological polar surface area (TPSA) is 110 Å².